The molecule has 5 aliphatic rings. The average molecular weight is 676 g/mol. The van der Waals surface area contributed by atoms with E-state index in [1.54, 1.807) is 0 Å². The summed E-state index contributed by atoms with van der Waals surface area (Å²) in [5.74, 6) is -1.15. The highest BCUT2D eigenvalue weighted by Crippen LogP contribution is 2.55. The summed E-state index contributed by atoms with van der Waals surface area (Å²) in [6.45, 7) is 1.30. The molecule has 5 unspecified atom stereocenters. The van der Waals surface area contributed by atoms with Gasteiger partial charge < -0.3 is 54.0 Å². The molecule has 3 heterocycles. The molecule has 1 saturated heterocycles. The number of fused-ring (bicyclic) bond motifs is 3. The number of rotatable bonds is 11. The van der Waals surface area contributed by atoms with Crippen molar-refractivity contribution in [3.63, 3.8) is 0 Å². The van der Waals surface area contributed by atoms with Gasteiger partial charge in [0.1, 0.15) is 18.0 Å². The Kier molecular flexibility index (Phi) is 10.1. The third-order valence-electron chi connectivity index (χ3n) is 10.6. The topological polar surface area (TPSA) is 194 Å². The van der Waals surface area contributed by atoms with Gasteiger partial charge in [0.2, 0.25) is 6.79 Å². The van der Waals surface area contributed by atoms with Crippen LogP contribution >= 0.6 is 0 Å². The first-order chi connectivity index (χ1) is 23.0. The van der Waals surface area contributed by atoms with Crippen molar-refractivity contribution in [3.8, 4) is 11.5 Å². The number of ether oxygens (including phenoxy) is 6. The zero-order valence-electron chi connectivity index (χ0n) is 27.2. The number of aliphatic hydroxyl groups is 5. The minimum atomic E-state index is -2.30. The minimum Gasteiger partial charge on any atom is -0.497 e. The van der Waals surface area contributed by atoms with E-state index in [0.717, 1.165) is 50.6 Å². The van der Waals surface area contributed by atoms with Gasteiger partial charge in [0.25, 0.3) is 0 Å². The molecule has 14 heteroatoms. The lowest BCUT2D eigenvalue weighted by Gasteiger charge is -2.39. The van der Waals surface area contributed by atoms with Crippen LogP contribution in [-0.2, 0) is 35.0 Å². The van der Waals surface area contributed by atoms with Gasteiger partial charge in [-0.05, 0) is 61.6 Å². The molecule has 14 nitrogen and oxygen atoms in total. The molecule has 48 heavy (non-hydrogen) atoms. The normalized spacial score (nSPS) is 33.6. The number of nitrogens with zero attached hydrogens (tertiary/aromatic N) is 1. The molecular formula is C34H45NO13. The Morgan fingerprint density at radius 2 is 1.85 bits per heavy atom. The number of benzene rings is 1. The number of aliphatic hydroxyl groups excluding tert-OH is 4. The molecule has 2 aliphatic carbocycles. The van der Waals surface area contributed by atoms with Crippen molar-refractivity contribution in [1.82, 2.24) is 4.90 Å². The number of carbonyl (C=O) groups is 2. The van der Waals surface area contributed by atoms with Crippen LogP contribution in [0.4, 0.5) is 0 Å². The summed E-state index contributed by atoms with van der Waals surface area (Å²) in [5, 5.41) is 51.7. The van der Waals surface area contributed by atoms with Crippen LogP contribution in [0.1, 0.15) is 49.1 Å². The van der Waals surface area contributed by atoms with Gasteiger partial charge >= 0.3 is 11.9 Å². The van der Waals surface area contributed by atoms with Gasteiger partial charge in [0.05, 0.1) is 50.9 Å². The SMILES string of the molecule is COC(=O)C[C@](O)(CC=CCOC1CC(CO)C(O)C(O)C1O)C(=O)O[C@@H]1C(OC)=C[C@]23CCCN2CCc2cc4c(cc2[C@H]13)OCO4. The zero-order valence-corrected chi connectivity index (χ0v) is 27.2. The van der Waals surface area contributed by atoms with Gasteiger partial charge in [-0.25, -0.2) is 4.79 Å². The van der Waals surface area contributed by atoms with Crippen LogP contribution in [-0.4, -0.2) is 131 Å². The number of methoxy groups -OCH3 is 2. The third kappa shape index (κ3) is 6.19. The maximum atomic E-state index is 14.0. The van der Waals surface area contributed by atoms with E-state index in [0.29, 0.717) is 17.3 Å². The monoisotopic (exact) mass is 675 g/mol. The molecule has 0 aromatic heterocycles. The summed E-state index contributed by atoms with van der Waals surface area (Å²) in [6, 6.07) is 3.94. The molecule has 264 valence electrons. The predicted octanol–water partition coefficient (Wildman–Crippen LogP) is 0.0659. The van der Waals surface area contributed by atoms with E-state index in [1.165, 1.54) is 19.3 Å². The molecule has 1 saturated carbocycles. The lowest BCUT2D eigenvalue weighted by Crippen LogP contribution is -2.55. The first kappa shape index (κ1) is 34.6. The molecule has 5 N–H and O–H groups in total. The standard InChI is InChI=1S/C34H45NO13/c1-43-25-15-33-7-5-9-35(33)10-6-19-12-22-23(47-18-46-22)14-21(19)27(33)31(25)48-32(41)34(42,16-26(37)44-2)8-3-4-11-45-24-13-20(17-36)28(38)30(40)29(24)39/h3-4,12,14-15,20,24,27-31,36,38-40,42H,5-11,13,16-18H2,1-2H3/t20?,24?,27-,28?,29?,30?,31-,33+,34-/m1/s1. The lowest BCUT2D eigenvalue weighted by molar-refractivity contribution is -0.177. The first-order valence-corrected chi connectivity index (χ1v) is 16.4. The highest BCUT2D eigenvalue weighted by atomic mass is 16.7. The Balaban J connectivity index is 1.22. The Morgan fingerprint density at radius 1 is 1.08 bits per heavy atom. The molecule has 6 rings (SSSR count). The largest absolute Gasteiger partial charge is 0.497 e. The van der Waals surface area contributed by atoms with Gasteiger partial charge in [-0.1, -0.05) is 12.2 Å². The van der Waals surface area contributed by atoms with Gasteiger partial charge in [0.15, 0.2) is 23.2 Å². The van der Waals surface area contributed by atoms with E-state index >= 15 is 0 Å². The van der Waals surface area contributed by atoms with Gasteiger partial charge in [0, 0.05) is 25.5 Å². The Morgan fingerprint density at radius 3 is 2.58 bits per heavy atom. The van der Waals surface area contributed by atoms with Crippen molar-refractivity contribution >= 4 is 11.9 Å². The fourth-order valence-corrected chi connectivity index (χ4v) is 8.01. The van der Waals surface area contributed by atoms with Gasteiger partial charge in [-0.15, -0.1) is 0 Å². The number of hydrogen-bond donors (Lipinski definition) is 5. The average Bonchev–Trinajstić information content (AvgIpc) is 3.77. The smallest absolute Gasteiger partial charge is 0.339 e. The Bertz CT molecular complexity index is 1430. The summed E-state index contributed by atoms with van der Waals surface area (Å²) in [7, 11) is 2.68. The van der Waals surface area contributed by atoms with Crippen LogP contribution < -0.4 is 9.47 Å². The van der Waals surface area contributed by atoms with Crippen LogP contribution in [0, 0.1) is 5.92 Å². The number of hydrogen-bond acceptors (Lipinski definition) is 14. The molecular weight excluding hydrogens is 630 g/mol. The summed E-state index contributed by atoms with van der Waals surface area (Å²) in [6.07, 6.45) is 0.716. The van der Waals surface area contributed by atoms with E-state index in [-0.39, 0.29) is 38.8 Å². The van der Waals surface area contributed by atoms with Crippen molar-refractivity contribution in [2.45, 2.75) is 86.1 Å². The fourth-order valence-electron chi connectivity index (χ4n) is 8.01. The Labute approximate surface area is 278 Å². The summed E-state index contributed by atoms with van der Waals surface area (Å²) < 4.78 is 33.9. The van der Waals surface area contributed by atoms with E-state index < -0.39 is 65.9 Å². The second-order valence-electron chi connectivity index (χ2n) is 13.3. The summed E-state index contributed by atoms with van der Waals surface area (Å²) in [4.78, 5) is 28.8. The zero-order chi connectivity index (χ0) is 34.2. The van der Waals surface area contributed by atoms with Gasteiger partial charge in [-0.2, -0.15) is 0 Å². The van der Waals surface area contributed by atoms with Crippen molar-refractivity contribution in [1.29, 1.82) is 0 Å². The number of esters is 2. The quantitative estimate of drug-likeness (QED) is 0.156. The molecule has 1 spiro atoms. The first-order valence-electron chi connectivity index (χ1n) is 16.4. The summed E-state index contributed by atoms with van der Waals surface area (Å²) in [5.41, 5.74) is -0.796. The second-order valence-corrected chi connectivity index (χ2v) is 13.3. The molecule has 9 atom stereocenters. The highest BCUT2D eigenvalue weighted by molar-refractivity contribution is 5.86. The predicted molar refractivity (Wildman–Crippen MR) is 166 cm³/mol. The van der Waals surface area contributed by atoms with Crippen molar-refractivity contribution < 1.29 is 63.5 Å². The molecule has 0 amide bonds. The van der Waals surface area contributed by atoms with Crippen molar-refractivity contribution in [2.24, 2.45) is 5.92 Å². The second kappa shape index (κ2) is 13.9. The van der Waals surface area contributed by atoms with Gasteiger partial charge in [-0.3, -0.25) is 9.69 Å². The van der Waals surface area contributed by atoms with Crippen molar-refractivity contribution in [2.75, 3.05) is 47.3 Å². The Hall–Kier alpha value is -3.24. The van der Waals surface area contributed by atoms with Crippen LogP contribution in [0.5, 0.6) is 11.5 Å². The lowest BCUT2D eigenvalue weighted by atomic mass is 9.77. The van der Waals surface area contributed by atoms with E-state index in [1.807, 2.05) is 18.2 Å². The van der Waals surface area contributed by atoms with E-state index in [4.69, 9.17) is 28.4 Å². The highest BCUT2D eigenvalue weighted by Gasteiger charge is 2.59. The van der Waals surface area contributed by atoms with Crippen molar-refractivity contribution in [3.05, 3.63) is 47.2 Å². The van der Waals surface area contributed by atoms with Crippen LogP contribution in [0.3, 0.4) is 0 Å². The minimum absolute atomic E-state index is 0.0848. The van der Waals surface area contributed by atoms with Crippen LogP contribution in [0.2, 0.25) is 0 Å². The van der Waals surface area contributed by atoms with E-state index in [9.17, 15) is 35.1 Å². The molecule has 1 aromatic carbocycles. The molecule has 0 bridgehead atoms. The molecule has 0 radical (unpaired) electrons. The van der Waals surface area contributed by atoms with Crippen LogP contribution in [0.25, 0.3) is 0 Å². The maximum Gasteiger partial charge on any atom is 0.339 e. The molecule has 1 aromatic rings. The third-order valence-corrected chi connectivity index (χ3v) is 10.6. The van der Waals surface area contributed by atoms with E-state index in [2.05, 4.69) is 4.90 Å². The molecule has 2 fully saturated rings. The number of carbonyl (C=O) groups excluding carboxylic acids is 2. The fraction of sp³-hybridized carbons (Fsp3) is 0.647. The van der Waals surface area contributed by atoms with Crippen LogP contribution in [0.15, 0.2) is 36.1 Å². The summed E-state index contributed by atoms with van der Waals surface area (Å²) >= 11 is 0. The molecule has 3 aliphatic heterocycles. The maximum absolute atomic E-state index is 14.0.